The Kier molecular flexibility index (Phi) is 8.06. The molecule has 43 heavy (non-hydrogen) atoms. The van der Waals surface area contributed by atoms with E-state index in [0.717, 1.165) is 6.33 Å². The van der Waals surface area contributed by atoms with Crippen LogP contribution in [0.3, 0.4) is 0 Å². The number of carbonyl (C=O) groups is 1. The topological polar surface area (TPSA) is 256 Å². The van der Waals surface area contributed by atoms with E-state index in [1.54, 1.807) is 0 Å². The van der Waals surface area contributed by atoms with E-state index in [2.05, 4.69) is 32.2 Å². The first kappa shape index (κ1) is 30.4. The molecular weight excluding hydrogens is 639 g/mol. The second kappa shape index (κ2) is 11.4. The van der Waals surface area contributed by atoms with Gasteiger partial charge in [-0.15, -0.1) is 0 Å². The quantitative estimate of drug-likeness (QED) is 0.190. The fourth-order valence-corrected chi connectivity index (χ4v) is 7.42. The lowest BCUT2D eigenvalue weighted by atomic mass is 10.0. The monoisotopic (exact) mass is 663 g/mol. The molecule has 0 aliphatic carbocycles. The molecule has 1 amide bonds. The van der Waals surface area contributed by atoms with Gasteiger partial charge in [0.2, 0.25) is 0 Å². The smallest absolute Gasteiger partial charge is 0.387 e. The summed E-state index contributed by atoms with van der Waals surface area (Å²) in [5.41, 5.74) is 11.5. The predicted octanol–water partition coefficient (Wildman–Crippen LogP) is 0.594. The highest BCUT2D eigenvalue weighted by Gasteiger charge is 2.54. The number of pyridine rings is 1. The predicted molar refractivity (Wildman–Crippen MR) is 143 cm³/mol. The van der Waals surface area contributed by atoms with Crippen LogP contribution in [0.2, 0.25) is 0 Å². The molecule has 3 unspecified atom stereocenters. The summed E-state index contributed by atoms with van der Waals surface area (Å²) in [4.78, 5) is 37.9. The van der Waals surface area contributed by atoms with Crippen LogP contribution in [-0.2, 0) is 36.7 Å². The van der Waals surface area contributed by atoms with Crippen molar-refractivity contribution in [1.82, 2.24) is 24.5 Å². The van der Waals surface area contributed by atoms with E-state index in [1.807, 2.05) is 0 Å². The third kappa shape index (κ3) is 5.93. The average molecular weight is 663 g/mol. The van der Waals surface area contributed by atoms with Crippen LogP contribution in [0, 0.1) is 0 Å². The van der Waals surface area contributed by atoms with Crippen LogP contribution < -0.4 is 11.5 Å². The number of nitrogens with zero attached hydrogens (tertiary/aromatic N) is 5. The summed E-state index contributed by atoms with van der Waals surface area (Å²) >= 11 is 3.98. The number of carbonyl (C=O) groups excluding carboxylic acids is 1. The molecular formula is C21H24FN7O11P2S. The Morgan fingerprint density at radius 2 is 1.84 bits per heavy atom. The minimum atomic E-state index is -5.04. The van der Waals surface area contributed by atoms with Crippen molar-refractivity contribution < 1.29 is 55.9 Å². The molecule has 18 nitrogen and oxygen atoms in total. The van der Waals surface area contributed by atoms with Gasteiger partial charge in [-0.1, -0.05) is 12.2 Å². The van der Waals surface area contributed by atoms with Crippen molar-refractivity contribution >= 4 is 49.8 Å². The Labute approximate surface area is 246 Å². The molecule has 6 rings (SSSR count). The lowest BCUT2D eigenvalue weighted by molar-refractivity contribution is -0.0547. The number of aliphatic hydroxyl groups is 1. The summed E-state index contributed by atoms with van der Waals surface area (Å²) < 4.78 is 76.0. The number of thiol groups is 1. The third-order valence-corrected chi connectivity index (χ3v) is 9.54. The second-order valence-corrected chi connectivity index (χ2v) is 14.0. The zero-order valence-electron chi connectivity index (χ0n) is 21.6. The molecule has 3 aromatic heterocycles. The number of amides is 1. The van der Waals surface area contributed by atoms with Crippen LogP contribution in [-0.4, -0.2) is 90.3 Å². The number of hydrogen-bond donors (Lipinski definition) is 5. The molecule has 6 N–H and O–H groups in total. The first-order valence-corrected chi connectivity index (χ1v) is 16.7. The van der Waals surface area contributed by atoms with Crippen LogP contribution >= 0.6 is 26.9 Å². The van der Waals surface area contributed by atoms with Gasteiger partial charge in [-0.2, -0.15) is 0 Å². The molecule has 3 aliphatic rings. The summed E-state index contributed by atoms with van der Waals surface area (Å²) in [7, 11) is -5.04. The third-order valence-electron chi connectivity index (χ3n) is 6.94. The molecule has 10 atom stereocenters. The number of aromatic nitrogens is 5. The van der Waals surface area contributed by atoms with Gasteiger partial charge >= 0.3 is 14.6 Å². The van der Waals surface area contributed by atoms with Crippen molar-refractivity contribution in [2.45, 2.75) is 49.0 Å². The van der Waals surface area contributed by atoms with E-state index in [0.29, 0.717) is 0 Å². The highest BCUT2D eigenvalue weighted by molar-refractivity contribution is 8.44. The number of ether oxygens (including phenoxy) is 2. The molecule has 3 aromatic rings. The Hall–Kier alpha value is -2.61. The average Bonchev–Trinajstić information content (AvgIpc) is 3.61. The van der Waals surface area contributed by atoms with Crippen molar-refractivity contribution in [1.29, 1.82) is 0 Å². The number of phosphoric ester groups is 1. The Bertz CT molecular complexity index is 1650. The van der Waals surface area contributed by atoms with Crippen LogP contribution in [0.15, 0.2) is 31.0 Å². The summed E-state index contributed by atoms with van der Waals surface area (Å²) in [6.07, 6.45) is -8.88. The number of alkyl halides is 1. The van der Waals surface area contributed by atoms with Gasteiger partial charge in [0.1, 0.15) is 54.2 Å². The zero-order valence-corrected chi connectivity index (χ0v) is 24.3. The Balaban J connectivity index is 1.27. The normalized spacial score (nSPS) is 38.6. The highest BCUT2D eigenvalue weighted by atomic mass is 32.7. The Morgan fingerprint density at radius 1 is 1.09 bits per heavy atom. The van der Waals surface area contributed by atoms with E-state index in [1.165, 1.54) is 29.2 Å². The van der Waals surface area contributed by atoms with Gasteiger partial charge in [0.15, 0.2) is 23.9 Å². The molecule has 0 radical (unpaired) electrons. The Morgan fingerprint density at radius 3 is 2.60 bits per heavy atom. The first-order valence-electron chi connectivity index (χ1n) is 12.5. The molecule has 22 heteroatoms. The van der Waals surface area contributed by atoms with Gasteiger partial charge in [0.25, 0.3) is 5.91 Å². The number of halogens is 1. The molecule has 0 saturated carbocycles. The number of nitrogen functional groups attached to an aromatic ring is 1. The van der Waals surface area contributed by atoms with Crippen molar-refractivity contribution in [3.8, 4) is 0 Å². The van der Waals surface area contributed by atoms with Crippen LogP contribution in [0.5, 0.6) is 0 Å². The summed E-state index contributed by atoms with van der Waals surface area (Å²) in [6, 6.07) is 2.69. The standard InChI is InChI=1S/C21H24FN7O11P2S/c22-12-16-10(38-21(12)29-7-28-13-18(23)26-6-27-20(13)29)5-36-42(34,43)40-17-11(4-35-41(32,33)39-16)37-15(14(17)30)8-1-2-25-9(3-8)19(24)31/h1-3,6-7,10-12,14-17,21,30H,4-5H2,(H2,24,31)(H,32,33)(H,34,43)(H2,23,26,27)/t10-,11?,12-,14+,15+,16-,17-,21-,42?/m1/s1. The maximum Gasteiger partial charge on any atom is 0.472 e. The minimum Gasteiger partial charge on any atom is -0.387 e. The number of fused-ring (bicyclic) bond motifs is 3. The van der Waals surface area contributed by atoms with Crippen LogP contribution in [0.4, 0.5) is 10.2 Å². The van der Waals surface area contributed by atoms with Gasteiger partial charge < -0.3 is 30.9 Å². The van der Waals surface area contributed by atoms with Gasteiger partial charge in [-0.05, 0) is 17.7 Å². The van der Waals surface area contributed by atoms with Gasteiger partial charge in [0, 0.05) is 6.20 Å². The number of anilines is 1. The number of aliphatic hydroxyl groups excluding tert-OH is 1. The van der Waals surface area contributed by atoms with Gasteiger partial charge in [-0.25, -0.2) is 28.5 Å². The van der Waals surface area contributed by atoms with E-state index in [-0.39, 0.29) is 28.2 Å². The largest absolute Gasteiger partial charge is 0.472 e. The molecule has 3 fully saturated rings. The molecule has 6 heterocycles. The number of primary amides is 1. The number of hydrogen-bond acceptors (Lipinski definition) is 15. The molecule has 3 saturated heterocycles. The fourth-order valence-electron chi connectivity index (χ4n) is 4.98. The summed E-state index contributed by atoms with van der Waals surface area (Å²) in [5, 5.41) is 11.0. The van der Waals surface area contributed by atoms with E-state index >= 15 is 4.39 Å². The van der Waals surface area contributed by atoms with E-state index in [9.17, 15) is 23.9 Å². The van der Waals surface area contributed by atoms with Crippen molar-refractivity contribution in [3.63, 3.8) is 0 Å². The molecule has 0 spiro atoms. The SMILES string of the molecule is NC(=O)c1cc([C@@H]2OC3COP(=O)(O)O[C@H]4[C@@H](F)[C@H](n5cnc6c(N)ncnc65)O[C@@H]4COP(=O)(S)O[C@H]3[C@H]2O)ccn1. The van der Waals surface area contributed by atoms with Crippen LogP contribution in [0.1, 0.15) is 28.4 Å². The van der Waals surface area contributed by atoms with Gasteiger partial charge in [0.05, 0.1) is 19.5 Å². The number of nitrogens with two attached hydrogens (primary N) is 2. The lowest BCUT2D eigenvalue weighted by Gasteiger charge is -2.28. The van der Waals surface area contributed by atoms with E-state index in [4.69, 9.17) is 39.0 Å². The number of rotatable bonds is 3. The molecule has 232 valence electrons. The molecule has 3 aliphatic heterocycles. The first-order chi connectivity index (χ1) is 20.3. The molecule has 0 aromatic carbocycles. The molecule has 0 bridgehead atoms. The summed E-state index contributed by atoms with van der Waals surface area (Å²) in [5.74, 6) is -0.814. The van der Waals surface area contributed by atoms with Crippen molar-refractivity contribution in [2.24, 2.45) is 5.73 Å². The highest BCUT2D eigenvalue weighted by Crippen LogP contribution is 2.58. The van der Waals surface area contributed by atoms with E-state index < -0.39 is 82.8 Å². The maximum atomic E-state index is 15.8. The van der Waals surface area contributed by atoms with Crippen LogP contribution in [0.25, 0.3) is 11.2 Å². The second-order valence-electron chi connectivity index (χ2n) is 9.69. The zero-order chi connectivity index (χ0) is 30.7. The fraction of sp³-hybridized carbons (Fsp3) is 0.476. The number of phosphoric acid groups is 1. The summed E-state index contributed by atoms with van der Waals surface area (Å²) in [6.45, 7) is -5.80. The number of imidazole rings is 1. The van der Waals surface area contributed by atoms with Gasteiger partial charge in [-0.3, -0.25) is 32.4 Å². The lowest BCUT2D eigenvalue weighted by Crippen LogP contribution is -2.37. The maximum absolute atomic E-state index is 15.8. The van der Waals surface area contributed by atoms with Crippen molar-refractivity contribution in [2.75, 3.05) is 18.9 Å². The minimum absolute atomic E-state index is 0.0269. The van der Waals surface area contributed by atoms with Crippen molar-refractivity contribution in [3.05, 3.63) is 42.2 Å².